The average Bonchev–Trinajstić information content (AvgIpc) is 2.17. The maximum Gasteiger partial charge on any atom is 0.310 e. The Morgan fingerprint density at radius 3 is 2.00 bits per heavy atom. The van der Waals surface area contributed by atoms with E-state index in [4.69, 9.17) is 0 Å². The first-order valence-electron chi connectivity index (χ1n) is 5.55. The third-order valence-electron chi connectivity index (χ3n) is 3.53. The first-order chi connectivity index (χ1) is 7.27. The van der Waals surface area contributed by atoms with Gasteiger partial charge >= 0.3 is 5.97 Å². The third kappa shape index (κ3) is 2.43. The first kappa shape index (κ1) is 12.8. The molecule has 1 aromatic rings. The zero-order valence-corrected chi connectivity index (χ0v) is 10.4. The summed E-state index contributed by atoms with van der Waals surface area (Å²) < 4.78 is 0. The third-order valence-corrected chi connectivity index (χ3v) is 3.53. The molecule has 0 aliphatic rings. The quantitative estimate of drug-likeness (QED) is 0.848. The number of carboxylic acid groups (broad SMARTS) is 1. The summed E-state index contributed by atoms with van der Waals surface area (Å²) in [6, 6.07) is 9.79. The van der Waals surface area contributed by atoms with Crippen LogP contribution in [0.5, 0.6) is 0 Å². The Hall–Kier alpha value is -1.31. The zero-order valence-electron chi connectivity index (χ0n) is 10.4. The lowest BCUT2D eigenvalue weighted by Gasteiger charge is -2.38. The Kier molecular flexibility index (Phi) is 3.41. The van der Waals surface area contributed by atoms with Gasteiger partial charge in [0, 0.05) is 0 Å². The summed E-state index contributed by atoms with van der Waals surface area (Å²) in [5.41, 5.74) is 0.0607. The van der Waals surface area contributed by atoms with Gasteiger partial charge in [-0.05, 0) is 24.3 Å². The van der Waals surface area contributed by atoms with Gasteiger partial charge in [-0.1, -0.05) is 51.1 Å². The van der Waals surface area contributed by atoms with E-state index in [9.17, 15) is 9.90 Å². The van der Waals surface area contributed by atoms with Crippen LogP contribution in [0.1, 0.15) is 33.3 Å². The van der Waals surface area contributed by atoms with Crippen LogP contribution in [0.3, 0.4) is 0 Å². The lowest BCUT2D eigenvalue weighted by Crippen LogP contribution is -2.42. The van der Waals surface area contributed by atoms with Crippen molar-refractivity contribution in [2.75, 3.05) is 0 Å². The van der Waals surface area contributed by atoms with Gasteiger partial charge in [0.25, 0.3) is 0 Å². The molecule has 16 heavy (non-hydrogen) atoms. The molecule has 2 nitrogen and oxygen atoms in total. The highest BCUT2D eigenvalue weighted by Gasteiger charge is 2.44. The molecule has 0 saturated carbocycles. The van der Waals surface area contributed by atoms with Gasteiger partial charge in [0.05, 0.1) is 5.41 Å². The molecule has 1 atom stereocenters. The minimum atomic E-state index is -0.742. The predicted octanol–water partition coefficient (Wildman–Crippen LogP) is 3.37. The Morgan fingerprint density at radius 2 is 1.62 bits per heavy atom. The smallest absolute Gasteiger partial charge is 0.310 e. The monoisotopic (exact) mass is 220 g/mol. The number of benzene rings is 1. The van der Waals surface area contributed by atoms with E-state index >= 15 is 0 Å². The van der Waals surface area contributed by atoms with Crippen LogP contribution in [-0.2, 0) is 11.2 Å². The molecule has 0 aliphatic heterocycles. The number of carbonyl (C=O) groups is 1. The molecule has 0 radical (unpaired) electrons. The highest BCUT2D eigenvalue weighted by Crippen LogP contribution is 2.41. The number of aliphatic carboxylic acids is 1. The molecule has 0 aromatic heterocycles. The molecule has 0 heterocycles. The van der Waals surface area contributed by atoms with Crippen LogP contribution in [0.4, 0.5) is 0 Å². The maximum absolute atomic E-state index is 11.5. The Bertz CT molecular complexity index is 362. The van der Waals surface area contributed by atoms with E-state index in [2.05, 4.69) is 0 Å². The number of rotatable bonds is 3. The van der Waals surface area contributed by atoms with Gasteiger partial charge in [-0.3, -0.25) is 4.79 Å². The largest absolute Gasteiger partial charge is 0.481 e. The van der Waals surface area contributed by atoms with E-state index in [1.807, 2.05) is 58.0 Å². The van der Waals surface area contributed by atoms with Crippen molar-refractivity contribution < 1.29 is 9.90 Å². The summed E-state index contributed by atoms with van der Waals surface area (Å²) in [5.74, 6) is -0.733. The van der Waals surface area contributed by atoms with Gasteiger partial charge < -0.3 is 5.11 Å². The summed E-state index contributed by atoms with van der Waals surface area (Å²) in [7, 11) is 0. The van der Waals surface area contributed by atoms with Gasteiger partial charge in [-0.15, -0.1) is 0 Å². The molecule has 0 fully saturated rings. The fraction of sp³-hybridized carbons (Fsp3) is 0.500. The SMILES string of the molecule is CC(C)(C)C(C)(Cc1ccccc1)C(=O)O. The zero-order chi connectivity index (χ0) is 12.4. The van der Waals surface area contributed by atoms with Crippen LogP contribution >= 0.6 is 0 Å². The van der Waals surface area contributed by atoms with Gasteiger partial charge in [0.2, 0.25) is 0 Å². The summed E-state index contributed by atoms with van der Waals surface area (Å²) in [5, 5.41) is 9.43. The molecular formula is C14H20O2. The van der Waals surface area contributed by atoms with Crippen molar-refractivity contribution in [1.29, 1.82) is 0 Å². The lowest BCUT2D eigenvalue weighted by atomic mass is 9.65. The summed E-state index contributed by atoms with van der Waals surface area (Å²) in [4.78, 5) is 11.5. The second kappa shape index (κ2) is 4.28. The average molecular weight is 220 g/mol. The number of hydrogen-bond acceptors (Lipinski definition) is 1. The van der Waals surface area contributed by atoms with Crippen molar-refractivity contribution in [1.82, 2.24) is 0 Å². The molecule has 1 aromatic carbocycles. The molecule has 1 rings (SSSR count). The lowest BCUT2D eigenvalue weighted by molar-refractivity contribution is -0.154. The minimum Gasteiger partial charge on any atom is -0.481 e. The van der Waals surface area contributed by atoms with E-state index in [0.29, 0.717) is 6.42 Å². The summed E-state index contributed by atoms with van der Waals surface area (Å²) in [6.07, 6.45) is 0.562. The van der Waals surface area contributed by atoms with E-state index in [1.165, 1.54) is 0 Å². The van der Waals surface area contributed by atoms with Gasteiger partial charge in [-0.25, -0.2) is 0 Å². The Labute approximate surface area is 97.3 Å². The molecule has 0 amide bonds. The molecule has 88 valence electrons. The van der Waals surface area contributed by atoms with Gasteiger partial charge in [-0.2, -0.15) is 0 Å². The standard InChI is InChI=1S/C14H20O2/c1-13(2,3)14(4,12(15)16)10-11-8-6-5-7-9-11/h5-9H,10H2,1-4H3,(H,15,16). The van der Waals surface area contributed by atoms with Crippen molar-refractivity contribution in [2.45, 2.75) is 34.1 Å². The molecule has 0 bridgehead atoms. The summed E-state index contributed by atoms with van der Waals surface area (Å²) in [6.45, 7) is 7.75. The minimum absolute atomic E-state index is 0.269. The fourth-order valence-electron chi connectivity index (χ4n) is 1.67. The van der Waals surface area contributed by atoms with Crippen molar-refractivity contribution in [2.24, 2.45) is 10.8 Å². The van der Waals surface area contributed by atoms with Crippen LogP contribution in [0, 0.1) is 10.8 Å². The van der Waals surface area contributed by atoms with Crippen molar-refractivity contribution in [3.05, 3.63) is 35.9 Å². The Balaban J connectivity index is 3.03. The normalized spacial score (nSPS) is 15.5. The van der Waals surface area contributed by atoms with Crippen molar-refractivity contribution in [3.8, 4) is 0 Å². The topological polar surface area (TPSA) is 37.3 Å². The molecule has 1 unspecified atom stereocenters. The van der Waals surface area contributed by atoms with Crippen LogP contribution in [0.15, 0.2) is 30.3 Å². The number of carboxylic acids is 1. The van der Waals surface area contributed by atoms with Gasteiger partial charge in [0.15, 0.2) is 0 Å². The van der Waals surface area contributed by atoms with Crippen LogP contribution in [-0.4, -0.2) is 11.1 Å². The van der Waals surface area contributed by atoms with E-state index in [1.54, 1.807) is 0 Å². The molecule has 2 heteroatoms. The highest BCUT2D eigenvalue weighted by molar-refractivity contribution is 5.75. The molecule has 0 spiro atoms. The van der Waals surface area contributed by atoms with Crippen LogP contribution in [0.2, 0.25) is 0 Å². The Morgan fingerprint density at radius 1 is 1.12 bits per heavy atom. The van der Waals surface area contributed by atoms with E-state index in [-0.39, 0.29) is 5.41 Å². The van der Waals surface area contributed by atoms with Crippen molar-refractivity contribution in [3.63, 3.8) is 0 Å². The van der Waals surface area contributed by atoms with Crippen molar-refractivity contribution >= 4 is 5.97 Å². The highest BCUT2D eigenvalue weighted by atomic mass is 16.4. The van der Waals surface area contributed by atoms with E-state index in [0.717, 1.165) is 5.56 Å². The molecule has 0 saturated heterocycles. The molecule has 0 aliphatic carbocycles. The van der Waals surface area contributed by atoms with Gasteiger partial charge in [0.1, 0.15) is 0 Å². The maximum atomic E-state index is 11.5. The molecular weight excluding hydrogens is 200 g/mol. The molecule has 1 N–H and O–H groups in total. The summed E-state index contributed by atoms with van der Waals surface area (Å²) >= 11 is 0. The second-order valence-electron chi connectivity index (χ2n) is 5.55. The van der Waals surface area contributed by atoms with Crippen LogP contribution < -0.4 is 0 Å². The van der Waals surface area contributed by atoms with E-state index < -0.39 is 11.4 Å². The second-order valence-corrected chi connectivity index (χ2v) is 5.55. The number of hydrogen-bond donors (Lipinski definition) is 1. The first-order valence-corrected chi connectivity index (χ1v) is 5.55. The van der Waals surface area contributed by atoms with Crippen LogP contribution in [0.25, 0.3) is 0 Å². The predicted molar refractivity (Wildman–Crippen MR) is 65.3 cm³/mol. The fourth-order valence-corrected chi connectivity index (χ4v) is 1.67.